The predicted molar refractivity (Wildman–Crippen MR) is 96.4 cm³/mol. The van der Waals surface area contributed by atoms with Crippen LogP contribution in [-0.2, 0) is 11.3 Å². The van der Waals surface area contributed by atoms with E-state index in [-0.39, 0.29) is 29.3 Å². The molecule has 0 aliphatic rings. The van der Waals surface area contributed by atoms with Crippen LogP contribution in [0.15, 0.2) is 68.7 Å². The first-order valence-corrected chi connectivity index (χ1v) is 8.26. The molecule has 0 aromatic carbocycles. The Morgan fingerprint density at radius 1 is 1.18 bits per heavy atom. The second-order valence-electron chi connectivity index (χ2n) is 5.77. The average molecular weight is 378 g/mol. The van der Waals surface area contributed by atoms with E-state index in [0.717, 1.165) is 5.56 Å². The summed E-state index contributed by atoms with van der Waals surface area (Å²) < 4.78 is 16.7. The van der Waals surface area contributed by atoms with E-state index in [1.165, 1.54) is 17.7 Å². The van der Waals surface area contributed by atoms with Gasteiger partial charge in [-0.25, -0.2) is 4.79 Å². The summed E-state index contributed by atoms with van der Waals surface area (Å²) in [6.07, 6.45) is 4.84. The van der Waals surface area contributed by atoms with Gasteiger partial charge in [0.05, 0.1) is 13.7 Å². The number of furan rings is 1. The van der Waals surface area contributed by atoms with E-state index < -0.39 is 5.97 Å². The summed E-state index contributed by atoms with van der Waals surface area (Å²) in [6.45, 7) is 0.134. The van der Waals surface area contributed by atoms with Crippen molar-refractivity contribution in [1.82, 2.24) is 19.7 Å². The Labute approximate surface area is 158 Å². The third-order valence-electron chi connectivity index (χ3n) is 3.99. The molecular formula is C19H14N4O5. The van der Waals surface area contributed by atoms with E-state index in [1.54, 1.807) is 48.9 Å². The molecule has 0 amide bonds. The van der Waals surface area contributed by atoms with Gasteiger partial charge in [-0.05, 0) is 36.4 Å². The molecule has 0 saturated heterocycles. The molecule has 4 aromatic heterocycles. The maximum absolute atomic E-state index is 12.8. The molecule has 4 heterocycles. The highest BCUT2D eigenvalue weighted by molar-refractivity contribution is 5.86. The largest absolute Gasteiger partial charge is 0.463 e. The molecule has 0 N–H and O–H groups in total. The zero-order chi connectivity index (χ0) is 19.5. The molecule has 28 heavy (non-hydrogen) atoms. The van der Waals surface area contributed by atoms with E-state index in [2.05, 4.69) is 19.9 Å². The van der Waals surface area contributed by atoms with Crippen molar-refractivity contribution in [3.8, 4) is 22.8 Å². The lowest BCUT2D eigenvalue weighted by Gasteiger charge is -2.04. The Kier molecular flexibility index (Phi) is 4.55. The highest BCUT2D eigenvalue weighted by Crippen LogP contribution is 2.19. The molecule has 4 rings (SSSR count). The Balaban J connectivity index is 1.63. The van der Waals surface area contributed by atoms with E-state index in [1.807, 2.05) is 0 Å². The number of hydrogen-bond donors (Lipinski definition) is 0. The minimum Gasteiger partial charge on any atom is -0.463 e. The number of esters is 1. The molecule has 0 bridgehead atoms. The van der Waals surface area contributed by atoms with Gasteiger partial charge >= 0.3 is 5.97 Å². The average Bonchev–Trinajstić information content (AvgIpc) is 3.40. The number of ether oxygens (including phenoxy) is 1. The van der Waals surface area contributed by atoms with Gasteiger partial charge in [0, 0.05) is 24.2 Å². The van der Waals surface area contributed by atoms with Gasteiger partial charge in [-0.15, -0.1) is 0 Å². The van der Waals surface area contributed by atoms with E-state index >= 15 is 0 Å². The van der Waals surface area contributed by atoms with Gasteiger partial charge in [-0.1, -0.05) is 5.16 Å². The molecular weight excluding hydrogens is 364 g/mol. The van der Waals surface area contributed by atoms with Gasteiger partial charge in [0.25, 0.3) is 11.4 Å². The number of nitrogens with zero attached hydrogens (tertiary/aromatic N) is 4. The summed E-state index contributed by atoms with van der Waals surface area (Å²) in [5.41, 5.74) is 0.658. The summed E-state index contributed by atoms with van der Waals surface area (Å²) in [7, 11) is 1.27. The number of pyridine rings is 2. The SMILES string of the molecule is COC(=O)c1ccc(Cn2cccc(-c3nc(-c4ccncc4)no3)c2=O)o1. The number of methoxy groups -OCH3 is 1. The van der Waals surface area contributed by atoms with E-state index in [4.69, 9.17) is 8.94 Å². The van der Waals surface area contributed by atoms with Crippen LogP contribution in [0.1, 0.15) is 16.3 Å². The molecule has 4 aromatic rings. The number of rotatable bonds is 5. The quantitative estimate of drug-likeness (QED) is 0.486. The van der Waals surface area contributed by atoms with Crippen LogP contribution in [0.5, 0.6) is 0 Å². The van der Waals surface area contributed by atoms with Gasteiger partial charge in [0.1, 0.15) is 11.3 Å². The Hall–Kier alpha value is -4.01. The third-order valence-corrected chi connectivity index (χ3v) is 3.99. The topological polar surface area (TPSA) is 113 Å². The van der Waals surface area contributed by atoms with Gasteiger partial charge in [-0.2, -0.15) is 4.98 Å². The summed E-state index contributed by atoms with van der Waals surface area (Å²) in [4.78, 5) is 32.5. The Morgan fingerprint density at radius 2 is 2.00 bits per heavy atom. The van der Waals surface area contributed by atoms with Crippen molar-refractivity contribution >= 4 is 5.97 Å². The normalized spacial score (nSPS) is 10.8. The van der Waals surface area contributed by atoms with Crippen LogP contribution in [0.25, 0.3) is 22.8 Å². The van der Waals surface area contributed by atoms with Gasteiger partial charge < -0.3 is 18.2 Å². The van der Waals surface area contributed by atoms with Crippen molar-refractivity contribution in [2.75, 3.05) is 7.11 Å². The van der Waals surface area contributed by atoms with Gasteiger partial charge in [0.15, 0.2) is 0 Å². The van der Waals surface area contributed by atoms with Crippen LogP contribution in [-0.4, -0.2) is 32.8 Å². The van der Waals surface area contributed by atoms with Crippen molar-refractivity contribution < 1.29 is 18.5 Å². The molecule has 0 saturated carbocycles. The van der Waals surface area contributed by atoms with Crippen LogP contribution < -0.4 is 5.56 Å². The zero-order valence-electron chi connectivity index (χ0n) is 14.7. The fourth-order valence-electron chi connectivity index (χ4n) is 2.62. The van der Waals surface area contributed by atoms with Crippen LogP contribution in [0.4, 0.5) is 0 Å². The lowest BCUT2D eigenvalue weighted by atomic mass is 10.2. The molecule has 0 radical (unpaired) electrons. The third kappa shape index (κ3) is 3.32. The van der Waals surface area contributed by atoms with Crippen molar-refractivity contribution in [1.29, 1.82) is 0 Å². The van der Waals surface area contributed by atoms with Crippen LogP contribution >= 0.6 is 0 Å². The number of carbonyl (C=O) groups excluding carboxylic acids is 1. The van der Waals surface area contributed by atoms with Crippen molar-refractivity contribution in [3.05, 3.63) is 76.9 Å². The van der Waals surface area contributed by atoms with Crippen molar-refractivity contribution in [3.63, 3.8) is 0 Å². The zero-order valence-corrected chi connectivity index (χ0v) is 14.7. The van der Waals surface area contributed by atoms with Crippen molar-refractivity contribution in [2.45, 2.75) is 6.54 Å². The molecule has 0 fully saturated rings. The van der Waals surface area contributed by atoms with Crippen LogP contribution in [0, 0.1) is 0 Å². The smallest absolute Gasteiger partial charge is 0.373 e. The summed E-state index contributed by atoms with van der Waals surface area (Å²) in [6, 6.07) is 9.89. The maximum atomic E-state index is 12.8. The first-order chi connectivity index (χ1) is 13.7. The Morgan fingerprint density at radius 3 is 2.79 bits per heavy atom. The first kappa shape index (κ1) is 17.4. The number of aromatic nitrogens is 4. The van der Waals surface area contributed by atoms with E-state index in [0.29, 0.717) is 11.6 Å². The molecule has 0 atom stereocenters. The molecule has 9 heteroatoms. The number of hydrogen-bond acceptors (Lipinski definition) is 8. The minimum atomic E-state index is -0.582. The number of carbonyl (C=O) groups is 1. The molecule has 9 nitrogen and oxygen atoms in total. The highest BCUT2D eigenvalue weighted by Gasteiger charge is 2.16. The van der Waals surface area contributed by atoms with E-state index in [9.17, 15) is 9.59 Å². The molecule has 0 aliphatic carbocycles. The fourth-order valence-corrected chi connectivity index (χ4v) is 2.62. The lowest BCUT2D eigenvalue weighted by molar-refractivity contribution is 0.0563. The Bertz CT molecular complexity index is 1180. The van der Waals surface area contributed by atoms with Gasteiger partial charge in [0.2, 0.25) is 11.6 Å². The molecule has 0 unspecified atom stereocenters. The predicted octanol–water partition coefficient (Wildman–Crippen LogP) is 2.39. The maximum Gasteiger partial charge on any atom is 0.373 e. The standard InChI is InChI=1S/C19H14N4O5/c1-26-19(25)15-5-4-13(27-15)11-23-10-2-3-14(18(23)24)17-21-16(22-28-17)12-6-8-20-9-7-12/h2-10H,11H2,1H3. The first-order valence-electron chi connectivity index (χ1n) is 8.26. The molecule has 140 valence electrons. The summed E-state index contributed by atoms with van der Waals surface area (Å²) in [5, 5.41) is 3.92. The summed E-state index contributed by atoms with van der Waals surface area (Å²) >= 11 is 0. The molecule has 0 aliphatic heterocycles. The second kappa shape index (κ2) is 7.31. The molecule has 0 spiro atoms. The fraction of sp³-hybridized carbons (Fsp3) is 0.105. The summed E-state index contributed by atoms with van der Waals surface area (Å²) in [5.74, 6) is 0.395. The lowest BCUT2D eigenvalue weighted by Crippen LogP contribution is -2.21. The van der Waals surface area contributed by atoms with Crippen LogP contribution in [0.2, 0.25) is 0 Å². The highest BCUT2D eigenvalue weighted by atomic mass is 16.5. The second-order valence-corrected chi connectivity index (χ2v) is 5.77. The van der Waals surface area contributed by atoms with Gasteiger partial charge in [-0.3, -0.25) is 9.78 Å². The minimum absolute atomic E-state index is 0.0700. The van der Waals surface area contributed by atoms with Crippen molar-refractivity contribution in [2.24, 2.45) is 0 Å². The monoisotopic (exact) mass is 378 g/mol. The van der Waals surface area contributed by atoms with Crippen LogP contribution in [0.3, 0.4) is 0 Å².